The summed E-state index contributed by atoms with van der Waals surface area (Å²) in [6, 6.07) is 7.50. The molecule has 3 saturated carbocycles. The number of hydrogen-bond acceptors (Lipinski definition) is 5. The van der Waals surface area contributed by atoms with Gasteiger partial charge in [-0.1, -0.05) is 31.1 Å². The third kappa shape index (κ3) is 5.18. The molecule has 6 atom stereocenters. The van der Waals surface area contributed by atoms with Gasteiger partial charge in [0.1, 0.15) is 5.75 Å². The fourth-order valence-corrected chi connectivity index (χ4v) is 9.78. The molecule has 4 aliphatic carbocycles. The van der Waals surface area contributed by atoms with Crippen molar-refractivity contribution in [1.82, 2.24) is 0 Å². The normalized spacial score (nSPS) is 33.9. The summed E-state index contributed by atoms with van der Waals surface area (Å²) in [7, 11) is -3.11. The van der Waals surface area contributed by atoms with Gasteiger partial charge >= 0.3 is 0 Å². The molecular formula is C30H42O5S. The quantitative estimate of drug-likeness (QED) is 0.460. The number of ketones is 1. The highest BCUT2D eigenvalue weighted by Crippen LogP contribution is 2.63. The van der Waals surface area contributed by atoms with Gasteiger partial charge in [-0.2, -0.15) is 0 Å². The number of benzene rings is 1. The number of fused-ring (bicyclic) bond motifs is 5. The minimum absolute atomic E-state index is 0.0567. The van der Waals surface area contributed by atoms with Crippen LogP contribution >= 0.6 is 0 Å². The Hall–Kier alpha value is -1.66. The van der Waals surface area contributed by atoms with Crippen molar-refractivity contribution in [3.8, 4) is 5.75 Å². The molecule has 0 saturated heterocycles. The lowest BCUT2D eigenvalue weighted by Crippen LogP contribution is -2.49. The van der Waals surface area contributed by atoms with Gasteiger partial charge < -0.3 is 9.84 Å². The molecule has 0 amide bonds. The number of carbonyl (C=O) groups excluding carboxylic acids is 1. The Labute approximate surface area is 216 Å². The van der Waals surface area contributed by atoms with Crippen LogP contribution in [0.15, 0.2) is 35.9 Å². The zero-order chi connectivity index (χ0) is 25.3. The van der Waals surface area contributed by atoms with Gasteiger partial charge in [0.25, 0.3) is 0 Å². The molecule has 1 aromatic rings. The highest BCUT2D eigenvalue weighted by molar-refractivity contribution is 7.90. The molecule has 0 radical (unpaired) electrons. The van der Waals surface area contributed by atoms with E-state index in [4.69, 9.17) is 4.74 Å². The summed E-state index contributed by atoms with van der Waals surface area (Å²) < 4.78 is 30.9. The minimum atomic E-state index is -3.11. The van der Waals surface area contributed by atoms with Gasteiger partial charge in [-0.15, -0.1) is 0 Å². The van der Waals surface area contributed by atoms with Crippen LogP contribution in [0.2, 0.25) is 0 Å². The average Bonchev–Trinajstić information content (AvgIpc) is 3.19. The first-order chi connectivity index (χ1) is 17.3. The van der Waals surface area contributed by atoms with Crippen LogP contribution in [-0.4, -0.2) is 37.8 Å². The molecular weight excluding hydrogens is 472 g/mol. The third-order valence-corrected chi connectivity index (χ3v) is 11.6. The lowest BCUT2D eigenvalue weighted by Gasteiger charge is -2.54. The molecule has 198 valence electrons. The Morgan fingerprint density at radius 2 is 1.94 bits per heavy atom. The summed E-state index contributed by atoms with van der Waals surface area (Å²) in [5.74, 6) is 3.71. The van der Waals surface area contributed by atoms with E-state index in [1.165, 1.54) is 5.57 Å². The van der Waals surface area contributed by atoms with Crippen molar-refractivity contribution in [2.45, 2.75) is 89.4 Å². The molecule has 0 aromatic heterocycles. The van der Waals surface area contributed by atoms with Gasteiger partial charge in [-0.25, -0.2) is 8.42 Å². The monoisotopic (exact) mass is 514 g/mol. The summed E-state index contributed by atoms with van der Waals surface area (Å²) in [6.45, 7) is 2.54. The first kappa shape index (κ1) is 26.0. The molecule has 36 heavy (non-hydrogen) atoms. The lowest BCUT2D eigenvalue weighted by molar-refractivity contribution is -0.116. The first-order valence-electron chi connectivity index (χ1n) is 14.1. The molecule has 4 unspecified atom stereocenters. The van der Waals surface area contributed by atoms with E-state index in [0.29, 0.717) is 54.7 Å². The number of rotatable bonds is 9. The average molecular weight is 515 g/mol. The van der Waals surface area contributed by atoms with Crippen LogP contribution < -0.4 is 4.74 Å². The Kier molecular flexibility index (Phi) is 7.65. The van der Waals surface area contributed by atoms with Gasteiger partial charge in [0.2, 0.25) is 0 Å². The van der Waals surface area contributed by atoms with Crippen LogP contribution in [0.4, 0.5) is 0 Å². The van der Waals surface area contributed by atoms with E-state index in [9.17, 15) is 18.3 Å². The molecule has 0 heterocycles. The Balaban J connectivity index is 1.23. The summed E-state index contributed by atoms with van der Waals surface area (Å²) >= 11 is 0. The minimum Gasteiger partial charge on any atom is -0.494 e. The fraction of sp³-hybridized carbons (Fsp3) is 0.700. The molecule has 1 N–H and O–H groups in total. The lowest BCUT2D eigenvalue weighted by atomic mass is 9.51. The van der Waals surface area contributed by atoms with E-state index in [2.05, 4.69) is 0 Å². The number of unbranched alkanes of at least 4 members (excludes halogenated alkanes) is 1. The number of hydrogen-bond donors (Lipinski definition) is 1. The van der Waals surface area contributed by atoms with Gasteiger partial charge in [0, 0.05) is 11.8 Å². The Bertz CT molecular complexity index is 1090. The Morgan fingerprint density at radius 3 is 2.78 bits per heavy atom. The van der Waals surface area contributed by atoms with Crippen LogP contribution in [0.1, 0.15) is 83.1 Å². The van der Waals surface area contributed by atoms with Gasteiger partial charge in [0.05, 0.1) is 24.2 Å². The van der Waals surface area contributed by atoms with Crippen molar-refractivity contribution < 1.29 is 23.1 Å². The zero-order valence-corrected chi connectivity index (χ0v) is 22.5. The van der Waals surface area contributed by atoms with E-state index >= 15 is 0 Å². The second kappa shape index (κ2) is 10.6. The molecule has 0 bridgehead atoms. The van der Waals surface area contributed by atoms with Crippen LogP contribution in [0.25, 0.3) is 0 Å². The molecule has 4 aliphatic rings. The van der Waals surface area contributed by atoms with E-state index in [1.54, 1.807) is 0 Å². The molecule has 0 aliphatic heterocycles. The van der Waals surface area contributed by atoms with Crippen LogP contribution in [0, 0.1) is 29.1 Å². The number of sulfone groups is 1. The predicted octanol–water partition coefficient (Wildman–Crippen LogP) is 5.65. The van der Waals surface area contributed by atoms with Gasteiger partial charge in [0.15, 0.2) is 15.6 Å². The SMILES string of the molecule is CCCCS(=O)(=O)Cc1cccc(OCC[C@]23CCC4C5CCC(=O)C=C5CCC4C2CC[C@@H]3O)c1. The molecule has 0 spiro atoms. The van der Waals surface area contributed by atoms with Crippen molar-refractivity contribution in [3.63, 3.8) is 0 Å². The molecule has 1 aromatic carbocycles. The Morgan fingerprint density at radius 1 is 1.08 bits per heavy atom. The predicted molar refractivity (Wildman–Crippen MR) is 141 cm³/mol. The standard InChI is InChI=1S/C30H42O5S/c1-2-3-17-36(33,34)20-21-5-4-6-24(18-21)35-16-15-30-14-13-26-25-10-8-23(31)19-22(25)7-9-27(26)28(30)11-12-29(30)32/h4-6,18-19,25-29,32H,2-3,7-17,20H2,1H3/t25?,26?,27?,28?,29-,30+/m0/s1. The smallest absolute Gasteiger partial charge is 0.155 e. The summed E-state index contributed by atoms with van der Waals surface area (Å²) in [5, 5.41) is 11.2. The fourth-order valence-electron chi connectivity index (χ4n) is 8.21. The van der Waals surface area contributed by atoms with Crippen LogP contribution in [-0.2, 0) is 20.4 Å². The van der Waals surface area contributed by atoms with E-state index in [1.807, 2.05) is 37.3 Å². The van der Waals surface area contributed by atoms with Gasteiger partial charge in [-0.3, -0.25) is 4.79 Å². The van der Waals surface area contributed by atoms with Crippen LogP contribution in [0.3, 0.4) is 0 Å². The number of aliphatic hydroxyl groups excluding tert-OH is 1. The summed E-state index contributed by atoms with van der Waals surface area (Å²) in [4.78, 5) is 12.0. The summed E-state index contributed by atoms with van der Waals surface area (Å²) in [6.07, 6.45) is 12.1. The number of allylic oxidation sites excluding steroid dienone is 1. The number of ether oxygens (including phenoxy) is 1. The van der Waals surface area contributed by atoms with Crippen molar-refractivity contribution in [3.05, 3.63) is 41.5 Å². The maximum absolute atomic E-state index is 12.4. The van der Waals surface area contributed by atoms with Crippen molar-refractivity contribution in [2.75, 3.05) is 12.4 Å². The summed E-state index contributed by atoms with van der Waals surface area (Å²) in [5.41, 5.74) is 2.10. The zero-order valence-electron chi connectivity index (χ0n) is 21.7. The van der Waals surface area contributed by atoms with Crippen molar-refractivity contribution >= 4 is 15.6 Å². The molecule has 5 nitrogen and oxygen atoms in total. The number of aliphatic hydroxyl groups is 1. The second-order valence-corrected chi connectivity index (χ2v) is 14.0. The van der Waals surface area contributed by atoms with E-state index in [-0.39, 0.29) is 23.0 Å². The third-order valence-electron chi connectivity index (χ3n) is 9.90. The maximum atomic E-state index is 12.4. The highest BCUT2D eigenvalue weighted by Gasteiger charge is 2.57. The van der Waals surface area contributed by atoms with Crippen molar-refractivity contribution in [1.29, 1.82) is 0 Å². The maximum Gasteiger partial charge on any atom is 0.155 e. The first-order valence-corrected chi connectivity index (χ1v) is 16.0. The number of carbonyl (C=O) groups is 1. The van der Waals surface area contributed by atoms with Gasteiger partial charge in [-0.05, 0) is 105 Å². The van der Waals surface area contributed by atoms with Crippen LogP contribution in [0.5, 0.6) is 5.75 Å². The molecule has 5 rings (SSSR count). The molecule has 3 fully saturated rings. The topological polar surface area (TPSA) is 80.7 Å². The second-order valence-electron chi connectivity index (χ2n) is 11.9. The largest absolute Gasteiger partial charge is 0.494 e. The van der Waals surface area contributed by atoms with E-state index in [0.717, 1.165) is 63.4 Å². The van der Waals surface area contributed by atoms with Crippen molar-refractivity contribution in [2.24, 2.45) is 29.1 Å². The van der Waals surface area contributed by atoms with E-state index < -0.39 is 9.84 Å². The highest BCUT2D eigenvalue weighted by atomic mass is 32.2. The molecule has 6 heteroatoms.